The molecule has 0 radical (unpaired) electrons. The number of hydrogen-bond donors (Lipinski definition) is 0. The predicted octanol–water partition coefficient (Wildman–Crippen LogP) is 4.57. The molecule has 0 saturated carbocycles. The van der Waals surface area contributed by atoms with E-state index in [1.165, 1.54) is 5.56 Å². The molecular formula is C19H17ClN6S. The summed E-state index contributed by atoms with van der Waals surface area (Å²) in [6.07, 6.45) is 3.46. The van der Waals surface area contributed by atoms with E-state index in [2.05, 4.69) is 39.5 Å². The van der Waals surface area contributed by atoms with Crippen molar-refractivity contribution in [1.82, 2.24) is 29.8 Å². The molecule has 0 aliphatic heterocycles. The summed E-state index contributed by atoms with van der Waals surface area (Å²) in [5, 5.41) is 18.9. The Hall–Kier alpha value is -2.64. The van der Waals surface area contributed by atoms with Gasteiger partial charge in [-0.2, -0.15) is 9.90 Å². The van der Waals surface area contributed by atoms with Crippen LogP contribution >= 0.6 is 23.4 Å². The van der Waals surface area contributed by atoms with Crippen LogP contribution in [0.5, 0.6) is 0 Å². The van der Waals surface area contributed by atoms with Gasteiger partial charge in [0.15, 0.2) is 5.16 Å². The van der Waals surface area contributed by atoms with Gasteiger partial charge in [0.2, 0.25) is 0 Å². The first-order chi connectivity index (χ1) is 13.1. The van der Waals surface area contributed by atoms with Crippen molar-refractivity contribution in [2.24, 2.45) is 7.05 Å². The highest BCUT2D eigenvalue weighted by Crippen LogP contribution is 2.33. The van der Waals surface area contributed by atoms with Gasteiger partial charge in [0.05, 0.1) is 11.9 Å². The number of halogens is 1. The maximum Gasteiger partial charge on any atom is 0.191 e. The summed E-state index contributed by atoms with van der Waals surface area (Å²) >= 11 is 7.62. The van der Waals surface area contributed by atoms with Crippen molar-refractivity contribution in [1.29, 1.82) is 0 Å². The molecular weight excluding hydrogens is 380 g/mol. The number of rotatable bonds is 5. The van der Waals surface area contributed by atoms with E-state index in [1.807, 2.05) is 48.0 Å². The molecule has 0 N–H and O–H groups in total. The lowest BCUT2D eigenvalue weighted by Gasteiger charge is -2.12. The topological polar surface area (TPSA) is 61.4 Å². The summed E-state index contributed by atoms with van der Waals surface area (Å²) in [5.74, 6) is 0. The number of hydrogen-bond acceptors (Lipinski definition) is 5. The van der Waals surface area contributed by atoms with E-state index in [4.69, 9.17) is 11.6 Å². The van der Waals surface area contributed by atoms with Crippen LogP contribution in [0.2, 0.25) is 5.02 Å². The second kappa shape index (κ2) is 7.54. The van der Waals surface area contributed by atoms with Gasteiger partial charge in [0.25, 0.3) is 0 Å². The lowest BCUT2D eigenvalue weighted by Crippen LogP contribution is -2.01. The zero-order valence-corrected chi connectivity index (χ0v) is 16.4. The van der Waals surface area contributed by atoms with Crippen LogP contribution in [0, 0.1) is 0 Å². The number of thioether (sulfide) groups is 1. The van der Waals surface area contributed by atoms with Gasteiger partial charge in [0.1, 0.15) is 12.0 Å². The van der Waals surface area contributed by atoms with Crippen LogP contribution in [-0.2, 0) is 7.05 Å². The molecule has 0 aliphatic rings. The average Bonchev–Trinajstić information content (AvgIpc) is 3.32. The summed E-state index contributed by atoms with van der Waals surface area (Å²) in [6, 6.07) is 15.8. The van der Waals surface area contributed by atoms with Gasteiger partial charge in [-0.25, -0.2) is 0 Å². The van der Waals surface area contributed by atoms with Crippen molar-refractivity contribution >= 4 is 23.4 Å². The monoisotopic (exact) mass is 396 g/mol. The van der Waals surface area contributed by atoms with E-state index in [0.29, 0.717) is 5.02 Å². The standard InChI is InChI=1S/C19H17ClN6S/c1-13(27-19-23-21-12-25(19)2)15-4-3-5-17(10-15)26-22-11-18(24-26)14-6-8-16(20)9-7-14/h3-13H,1-2H3/t13-/m0/s1. The largest absolute Gasteiger partial charge is 0.312 e. The first kappa shape index (κ1) is 17.8. The maximum absolute atomic E-state index is 5.95. The third-order valence-corrected chi connectivity index (χ3v) is 5.61. The van der Waals surface area contributed by atoms with Crippen molar-refractivity contribution in [2.75, 3.05) is 0 Å². The van der Waals surface area contributed by atoms with Crippen molar-refractivity contribution in [2.45, 2.75) is 17.3 Å². The first-order valence-corrected chi connectivity index (χ1v) is 9.65. The minimum Gasteiger partial charge on any atom is -0.312 e. The molecule has 6 nitrogen and oxygen atoms in total. The van der Waals surface area contributed by atoms with E-state index >= 15 is 0 Å². The van der Waals surface area contributed by atoms with E-state index in [0.717, 1.165) is 22.1 Å². The van der Waals surface area contributed by atoms with E-state index in [9.17, 15) is 0 Å². The number of nitrogens with zero attached hydrogens (tertiary/aromatic N) is 6. The Balaban J connectivity index is 1.57. The minimum absolute atomic E-state index is 0.221. The number of aryl methyl sites for hydroxylation is 1. The van der Waals surface area contributed by atoms with Gasteiger partial charge in [-0.05, 0) is 36.8 Å². The molecule has 8 heteroatoms. The van der Waals surface area contributed by atoms with Crippen LogP contribution in [0.3, 0.4) is 0 Å². The second-order valence-corrected chi connectivity index (χ2v) is 7.85. The molecule has 0 aliphatic carbocycles. The summed E-state index contributed by atoms with van der Waals surface area (Å²) in [5.41, 5.74) is 3.87. The quantitative estimate of drug-likeness (QED) is 0.462. The molecule has 0 bridgehead atoms. The zero-order chi connectivity index (χ0) is 18.8. The van der Waals surface area contributed by atoms with Crippen molar-refractivity contribution in [3.63, 3.8) is 0 Å². The van der Waals surface area contributed by atoms with Gasteiger partial charge in [-0.15, -0.1) is 15.3 Å². The smallest absolute Gasteiger partial charge is 0.191 e. The molecule has 0 unspecified atom stereocenters. The van der Waals surface area contributed by atoms with Gasteiger partial charge in [-0.3, -0.25) is 0 Å². The van der Waals surface area contributed by atoms with Crippen LogP contribution < -0.4 is 0 Å². The van der Waals surface area contributed by atoms with E-state index < -0.39 is 0 Å². The van der Waals surface area contributed by atoms with Crippen LogP contribution in [0.15, 0.2) is 66.2 Å². The van der Waals surface area contributed by atoms with Crippen molar-refractivity contribution in [3.05, 3.63) is 71.6 Å². The van der Waals surface area contributed by atoms with Crippen molar-refractivity contribution < 1.29 is 0 Å². The Bertz CT molecular complexity index is 1060. The Morgan fingerprint density at radius 2 is 1.93 bits per heavy atom. The summed E-state index contributed by atoms with van der Waals surface area (Å²) in [4.78, 5) is 1.65. The molecule has 2 heterocycles. The fourth-order valence-electron chi connectivity index (χ4n) is 2.65. The Kier molecular flexibility index (Phi) is 4.96. The highest BCUT2D eigenvalue weighted by Gasteiger charge is 2.13. The summed E-state index contributed by atoms with van der Waals surface area (Å²) in [7, 11) is 1.94. The molecule has 2 aromatic heterocycles. The highest BCUT2D eigenvalue weighted by atomic mass is 35.5. The van der Waals surface area contributed by atoms with Crippen molar-refractivity contribution in [3.8, 4) is 16.9 Å². The normalized spacial score (nSPS) is 12.3. The third-order valence-electron chi connectivity index (χ3n) is 4.15. The maximum atomic E-state index is 5.95. The summed E-state index contributed by atoms with van der Waals surface area (Å²) < 4.78 is 1.92. The molecule has 27 heavy (non-hydrogen) atoms. The SMILES string of the molecule is C[C@H](Sc1nncn1C)c1cccc(-n2ncc(-c3ccc(Cl)cc3)n2)c1. The molecule has 136 valence electrons. The Morgan fingerprint density at radius 1 is 1.11 bits per heavy atom. The molecule has 2 aromatic carbocycles. The molecule has 0 saturated heterocycles. The second-order valence-electron chi connectivity index (χ2n) is 6.11. The molecule has 0 amide bonds. The van der Waals surface area contributed by atoms with Crippen LogP contribution in [0.4, 0.5) is 0 Å². The summed E-state index contributed by atoms with van der Waals surface area (Å²) in [6.45, 7) is 2.15. The van der Waals surface area contributed by atoms with Crippen LogP contribution in [0.1, 0.15) is 17.7 Å². The molecule has 0 spiro atoms. The number of benzene rings is 2. The van der Waals surface area contributed by atoms with Crippen LogP contribution in [-0.4, -0.2) is 29.8 Å². The molecule has 0 fully saturated rings. The first-order valence-electron chi connectivity index (χ1n) is 8.39. The lowest BCUT2D eigenvalue weighted by atomic mass is 10.1. The molecule has 4 aromatic rings. The predicted molar refractivity (Wildman–Crippen MR) is 107 cm³/mol. The Morgan fingerprint density at radius 3 is 2.67 bits per heavy atom. The van der Waals surface area contributed by atoms with Gasteiger partial charge >= 0.3 is 0 Å². The fraction of sp³-hybridized carbons (Fsp3) is 0.158. The average molecular weight is 397 g/mol. The fourth-order valence-corrected chi connectivity index (χ4v) is 3.68. The lowest BCUT2D eigenvalue weighted by molar-refractivity contribution is 0.752. The van der Waals surface area contributed by atoms with Gasteiger partial charge in [0, 0.05) is 22.9 Å². The zero-order valence-electron chi connectivity index (χ0n) is 14.8. The molecule has 1 atom stereocenters. The van der Waals surface area contributed by atoms with Gasteiger partial charge in [-0.1, -0.05) is 47.6 Å². The van der Waals surface area contributed by atoms with E-state index in [1.54, 1.807) is 29.1 Å². The van der Waals surface area contributed by atoms with E-state index in [-0.39, 0.29) is 5.25 Å². The number of aromatic nitrogens is 6. The molecule has 4 rings (SSSR count). The van der Waals surface area contributed by atoms with Gasteiger partial charge < -0.3 is 4.57 Å². The third kappa shape index (κ3) is 3.89. The van der Waals surface area contributed by atoms with Crippen LogP contribution in [0.25, 0.3) is 16.9 Å². The highest BCUT2D eigenvalue weighted by molar-refractivity contribution is 7.99. The Labute approximate surface area is 166 Å². The minimum atomic E-state index is 0.221.